The Balaban J connectivity index is 1.97. The first-order valence-corrected chi connectivity index (χ1v) is 7.04. The van der Waals surface area contributed by atoms with Gasteiger partial charge in [0.05, 0.1) is 18.3 Å². The molecule has 0 spiro atoms. The van der Waals surface area contributed by atoms with E-state index in [0.717, 1.165) is 19.4 Å². The summed E-state index contributed by atoms with van der Waals surface area (Å²) in [5, 5.41) is 2.91. The Hall–Kier alpha value is -1.82. The van der Waals surface area contributed by atoms with Crippen molar-refractivity contribution in [1.82, 2.24) is 4.90 Å². The largest absolute Gasteiger partial charge is 0.489 e. The van der Waals surface area contributed by atoms with Crippen LogP contribution >= 0.6 is 0 Å². The van der Waals surface area contributed by atoms with E-state index in [0.29, 0.717) is 18.0 Å². The van der Waals surface area contributed by atoms with Crippen LogP contribution in [0.2, 0.25) is 0 Å². The zero-order valence-electron chi connectivity index (χ0n) is 12.4. The number of carbonyl (C=O) groups is 1. The fourth-order valence-corrected chi connectivity index (χ4v) is 2.05. The number of benzene rings is 1. The van der Waals surface area contributed by atoms with Gasteiger partial charge < -0.3 is 19.7 Å². The Labute approximate surface area is 124 Å². The second-order valence-electron chi connectivity index (χ2n) is 5.23. The summed E-state index contributed by atoms with van der Waals surface area (Å²) < 4.78 is 24.5. The van der Waals surface area contributed by atoms with Gasteiger partial charge in [-0.1, -0.05) is 0 Å². The van der Waals surface area contributed by atoms with Gasteiger partial charge in [-0.15, -0.1) is 0 Å². The van der Waals surface area contributed by atoms with E-state index in [1.165, 1.54) is 17.0 Å². The third-order valence-electron chi connectivity index (χ3n) is 3.32. The van der Waals surface area contributed by atoms with Gasteiger partial charge >= 0.3 is 0 Å². The number of hydrogen-bond donors (Lipinski definition) is 1. The zero-order valence-corrected chi connectivity index (χ0v) is 12.4. The van der Waals surface area contributed by atoms with Gasteiger partial charge in [-0.3, -0.25) is 4.79 Å². The molecule has 6 heteroatoms. The van der Waals surface area contributed by atoms with E-state index in [4.69, 9.17) is 9.47 Å². The van der Waals surface area contributed by atoms with Gasteiger partial charge in [0.15, 0.2) is 0 Å². The summed E-state index contributed by atoms with van der Waals surface area (Å²) in [6, 6.07) is 4.23. The topological polar surface area (TPSA) is 50.8 Å². The van der Waals surface area contributed by atoms with E-state index in [1.807, 2.05) is 0 Å². The lowest BCUT2D eigenvalue weighted by Crippen LogP contribution is -2.28. The van der Waals surface area contributed by atoms with Crippen LogP contribution in [-0.2, 0) is 9.53 Å². The molecule has 1 aliphatic rings. The molecular weight excluding hydrogens is 275 g/mol. The molecular formula is C15H21FN2O3. The molecule has 1 amide bonds. The average Bonchev–Trinajstić information content (AvgIpc) is 2.96. The second-order valence-corrected chi connectivity index (χ2v) is 5.23. The number of hydrogen-bond acceptors (Lipinski definition) is 4. The Bertz CT molecular complexity index is 488. The number of ether oxygens (including phenoxy) is 2. The molecule has 116 valence electrons. The molecule has 5 nitrogen and oxygen atoms in total. The molecule has 0 aromatic heterocycles. The fraction of sp³-hybridized carbons (Fsp3) is 0.533. The summed E-state index contributed by atoms with van der Waals surface area (Å²) in [7, 11) is 3.34. The molecule has 1 heterocycles. The van der Waals surface area contributed by atoms with Crippen molar-refractivity contribution in [3.05, 3.63) is 24.0 Å². The van der Waals surface area contributed by atoms with Gasteiger partial charge in [0.2, 0.25) is 5.91 Å². The lowest BCUT2D eigenvalue weighted by Gasteiger charge is -2.17. The molecule has 0 bridgehead atoms. The van der Waals surface area contributed by atoms with Crippen LogP contribution in [0.3, 0.4) is 0 Å². The van der Waals surface area contributed by atoms with E-state index in [-0.39, 0.29) is 24.4 Å². The predicted molar refractivity (Wildman–Crippen MR) is 78.1 cm³/mol. The molecule has 1 aromatic carbocycles. The van der Waals surface area contributed by atoms with E-state index in [1.54, 1.807) is 20.2 Å². The highest BCUT2D eigenvalue weighted by atomic mass is 19.1. The van der Waals surface area contributed by atoms with Crippen LogP contribution in [0.1, 0.15) is 12.8 Å². The highest BCUT2D eigenvalue weighted by molar-refractivity contribution is 5.80. The van der Waals surface area contributed by atoms with E-state index in [2.05, 4.69) is 5.32 Å². The number of amides is 1. The second kappa shape index (κ2) is 7.26. The van der Waals surface area contributed by atoms with Crippen LogP contribution in [0.4, 0.5) is 10.1 Å². The Morgan fingerprint density at radius 2 is 2.33 bits per heavy atom. The third-order valence-corrected chi connectivity index (χ3v) is 3.32. The summed E-state index contributed by atoms with van der Waals surface area (Å²) in [6.07, 6.45) is 2.11. The van der Waals surface area contributed by atoms with Crippen molar-refractivity contribution in [1.29, 1.82) is 0 Å². The van der Waals surface area contributed by atoms with E-state index < -0.39 is 0 Å². The maximum Gasteiger partial charge on any atom is 0.241 e. The fourth-order valence-electron chi connectivity index (χ4n) is 2.05. The highest BCUT2D eigenvalue weighted by Crippen LogP contribution is 2.26. The first-order chi connectivity index (χ1) is 10.1. The third kappa shape index (κ3) is 4.60. The summed E-state index contributed by atoms with van der Waals surface area (Å²) in [6.45, 7) is 1.29. The van der Waals surface area contributed by atoms with Crippen molar-refractivity contribution >= 4 is 11.6 Å². The number of anilines is 1. The lowest BCUT2D eigenvalue weighted by molar-refractivity contribution is -0.126. The summed E-state index contributed by atoms with van der Waals surface area (Å²) in [5.74, 6) is 0.0575. The smallest absolute Gasteiger partial charge is 0.241 e. The summed E-state index contributed by atoms with van der Waals surface area (Å²) >= 11 is 0. The minimum atomic E-state index is -0.376. The van der Waals surface area contributed by atoms with Crippen LogP contribution in [0.25, 0.3) is 0 Å². The molecule has 0 radical (unpaired) electrons. The minimum absolute atomic E-state index is 0.0892. The molecule has 1 aromatic rings. The molecule has 1 unspecified atom stereocenters. The Morgan fingerprint density at radius 1 is 1.52 bits per heavy atom. The van der Waals surface area contributed by atoms with Crippen molar-refractivity contribution in [2.75, 3.05) is 39.2 Å². The van der Waals surface area contributed by atoms with Crippen molar-refractivity contribution in [2.24, 2.45) is 0 Å². The first kappa shape index (κ1) is 15.6. The maximum absolute atomic E-state index is 13.4. The van der Waals surface area contributed by atoms with Gasteiger partial charge in [-0.05, 0) is 25.0 Å². The number of nitrogens with one attached hydrogen (secondary N) is 1. The first-order valence-electron chi connectivity index (χ1n) is 7.04. The highest BCUT2D eigenvalue weighted by Gasteiger charge is 2.17. The van der Waals surface area contributed by atoms with E-state index in [9.17, 15) is 9.18 Å². The van der Waals surface area contributed by atoms with Crippen molar-refractivity contribution in [3.63, 3.8) is 0 Å². The van der Waals surface area contributed by atoms with Gasteiger partial charge in [0, 0.05) is 26.8 Å². The van der Waals surface area contributed by atoms with Crippen molar-refractivity contribution < 1.29 is 18.7 Å². The number of likely N-dealkylation sites (N-methyl/N-ethyl adjacent to an activating group) is 1. The molecule has 21 heavy (non-hydrogen) atoms. The number of rotatable bonds is 6. The molecule has 1 saturated heterocycles. The molecule has 0 saturated carbocycles. The zero-order chi connectivity index (χ0) is 15.2. The van der Waals surface area contributed by atoms with Gasteiger partial charge in [-0.25, -0.2) is 4.39 Å². The molecule has 1 aliphatic heterocycles. The van der Waals surface area contributed by atoms with Gasteiger partial charge in [0.1, 0.15) is 18.2 Å². The van der Waals surface area contributed by atoms with Crippen molar-refractivity contribution in [3.8, 4) is 5.75 Å². The summed E-state index contributed by atoms with van der Waals surface area (Å²) in [5.41, 5.74) is 0.475. The molecule has 0 aliphatic carbocycles. The number of carbonyl (C=O) groups excluding carboxylic acids is 1. The average molecular weight is 296 g/mol. The number of nitrogens with zero attached hydrogens (tertiary/aromatic N) is 1. The quantitative estimate of drug-likeness (QED) is 0.871. The van der Waals surface area contributed by atoms with E-state index >= 15 is 0 Å². The van der Waals surface area contributed by atoms with Gasteiger partial charge in [0.25, 0.3) is 0 Å². The van der Waals surface area contributed by atoms with Crippen LogP contribution in [0.5, 0.6) is 5.75 Å². The lowest BCUT2D eigenvalue weighted by atomic mass is 10.2. The molecule has 1 N–H and O–H groups in total. The molecule has 2 rings (SSSR count). The SMILES string of the molecule is CN(C)C(=O)CNc1cc(F)ccc1OCC1CCCO1. The summed E-state index contributed by atoms with van der Waals surface area (Å²) in [4.78, 5) is 13.1. The van der Waals surface area contributed by atoms with Gasteiger partial charge in [-0.2, -0.15) is 0 Å². The number of halogens is 1. The molecule has 1 fully saturated rings. The van der Waals surface area contributed by atoms with Crippen LogP contribution in [0.15, 0.2) is 18.2 Å². The van der Waals surface area contributed by atoms with Crippen LogP contribution in [-0.4, -0.2) is 50.8 Å². The maximum atomic E-state index is 13.4. The molecule has 1 atom stereocenters. The Morgan fingerprint density at radius 3 is 3.00 bits per heavy atom. The normalized spacial score (nSPS) is 17.6. The Kier molecular flexibility index (Phi) is 5.38. The van der Waals surface area contributed by atoms with Crippen LogP contribution < -0.4 is 10.1 Å². The van der Waals surface area contributed by atoms with Crippen LogP contribution in [0, 0.1) is 5.82 Å². The van der Waals surface area contributed by atoms with Crippen molar-refractivity contribution in [2.45, 2.75) is 18.9 Å². The minimum Gasteiger partial charge on any atom is -0.489 e. The standard InChI is InChI=1S/C15H21FN2O3/c1-18(2)15(19)9-17-13-8-11(16)5-6-14(13)21-10-12-4-3-7-20-12/h5-6,8,12,17H,3-4,7,9-10H2,1-2H3. The predicted octanol–water partition coefficient (Wildman–Crippen LogP) is 1.88. The monoisotopic (exact) mass is 296 g/mol.